The van der Waals surface area contributed by atoms with Crippen LogP contribution in [0.3, 0.4) is 0 Å². The van der Waals surface area contributed by atoms with Crippen LogP contribution in [0.25, 0.3) is 0 Å². The lowest BCUT2D eigenvalue weighted by Crippen LogP contribution is -2.09. The number of unbranched alkanes of at least 4 members (excludes halogenated alkanes) is 10. The topological polar surface area (TPSA) is 52.6 Å². The second kappa shape index (κ2) is 18.3. The van der Waals surface area contributed by atoms with E-state index in [2.05, 4.69) is 27.7 Å². The highest BCUT2D eigenvalue weighted by molar-refractivity contribution is 5.69. The van der Waals surface area contributed by atoms with Crippen LogP contribution in [0.4, 0.5) is 0 Å². The molecule has 160 valence electrons. The third kappa shape index (κ3) is 21.1. The third-order valence-corrected chi connectivity index (χ3v) is 4.42. The van der Waals surface area contributed by atoms with Crippen LogP contribution in [0.15, 0.2) is 0 Å². The van der Waals surface area contributed by atoms with Gasteiger partial charge >= 0.3 is 11.9 Å². The molecule has 0 radical (unpaired) electrons. The molecule has 0 saturated heterocycles. The molecule has 0 unspecified atom stereocenters. The molecule has 27 heavy (non-hydrogen) atoms. The minimum absolute atomic E-state index is 0.0446. The SMILES string of the molecule is CC(C)COC(=O)CCCCCCCCCCCCCC(=O)OCC(C)C. The molecule has 0 saturated carbocycles. The van der Waals surface area contributed by atoms with Gasteiger partial charge in [0.15, 0.2) is 0 Å². The Morgan fingerprint density at radius 3 is 1.04 bits per heavy atom. The Bertz CT molecular complexity index is 329. The normalized spacial score (nSPS) is 11.2. The first-order valence-corrected chi connectivity index (χ1v) is 11.2. The van der Waals surface area contributed by atoms with E-state index in [0.29, 0.717) is 37.9 Å². The molecule has 0 fully saturated rings. The van der Waals surface area contributed by atoms with Crippen LogP contribution in [0.5, 0.6) is 0 Å². The van der Waals surface area contributed by atoms with Crippen LogP contribution in [-0.4, -0.2) is 25.2 Å². The maximum atomic E-state index is 11.5. The molecule has 4 nitrogen and oxygen atoms in total. The van der Waals surface area contributed by atoms with Gasteiger partial charge in [-0.3, -0.25) is 9.59 Å². The Labute approximate surface area is 167 Å². The second-order valence-electron chi connectivity index (χ2n) is 8.54. The van der Waals surface area contributed by atoms with Crippen LogP contribution in [0, 0.1) is 11.8 Å². The van der Waals surface area contributed by atoms with Gasteiger partial charge in [0, 0.05) is 12.8 Å². The van der Waals surface area contributed by atoms with Gasteiger partial charge in [0.05, 0.1) is 13.2 Å². The Morgan fingerprint density at radius 1 is 0.519 bits per heavy atom. The third-order valence-electron chi connectivity index (χ3n) is 4.42. The largest absolute Gasteiger partial charge is 0.465 e. The van der Waals surface area contributed by atoms with Crippen LogP contribution < -0.4 is 0 Å². The van der Waals surface area contributed by atoms with E-state index in [1.54, 1.807) is 0 Å². The summed E-state index contributed by atoms with van der Waals surface area (Å²) in [5, 5.41) is 0. The summed E-state index contributed by atoms with van der Waals surface area (Å²) in [7, 11) is 0. The lowest BCUT2D eigenvalue weighted by atomic mass is 10.0. The van der Waals surface area contributed by atoms with Crippen molar-refractivity contribution in [2.24, 2.45) is 11.8 Å². The average molecular weight is 385 g/mol. The molecule has 0 atom stereocenters. The van der Waals surface area contributed by atoms with Crippen molar-refractivity contribution in [2.45, 2.75) is 111 Å². The predicted octanol–water partition coefficient (Wildman–Crippen LogP) is 6.46. The Kier molecular flexibility index (Phi) is 17.6. The molecule has 0 aromatic rings. The predicted molar refractivity (Wildman–Crippen MR) is 112 cm³/mol. The summed E-state index contributed by atoms with van der Waals surface area (Å²) in [6, 6.07) is 0. The first-order valence-electron chi connectivity index (χ1n) is 11.2. The zero-order chi connectivity index (χ0) is 20.3. The van der Waals surface area contributed by atoms with Gasteiger partial charge in [0.1, 0.15) is 0 Å². The smallest absolute Gasteiger partial charge is 0.305 e. The van der Waals surface area contributed by atoms with Crippen molar-refractivity contribution in [2.75, 3.05) is 13.2 Å². The molecule has 0 bridgehead atoms. The molecule has 0 aliphatic rings. The molecule has 0 aliphatic heterocycles. The zero-order valence-electron chi connectivity index (χ0n) is 18.4. The first-order chi connectivity index (χ1) is 12.9. The summed E-state index contributed by atoms with van der Waals surface area (Å²) < 4.78 is 10.3. The van der Waals surface area contributed by atoms with Gasteiger partial charge in [0.25, 0.3) is 0 Å². The molecule has 0 N–H and O–H groups in total. The summed E-state index contributed by atoms with van der Waals surface area (Å²) >= 11 is 0. The molecule has 0 heterocycles. The molecular formula is C23H44O4. The van der Waals surface area contributed by atoms with Gasteiger partial charge in [-0.15, -0.1) is 0 Å². The number of carbonyl (C=O) groups excluding carboxylic acids is 2. The minimum Gasteiger partial charge on any atom is -0.465 e. The first kappa shape index (κ1) is 25.9. The van der Waals surface area contributed by atoms with Gasteiger partial charge in [0.2, 0.25) is 0 Å². The van der Waals surface area contributed by atoms with Gasteiger partial charge in [-0.1, -0.05) is 85.5 Å². The van der Waals surface area contributed by atoms with Gasteiger partial charge < -0.3 is 9.47 Å². The van der Waals surface area contributed by atoms with Gasteiger partial charge in [-0.05, 0) is 24.7 Å². The van der Waals surface area contributed by atoms with E-state index in [1.807, 2.05) is 0 Å². The fourth-order valence-corrected chi connectivity index (χ4v) is 2.79. The van der Waals surface area contributed by atoms with Crippen molar-refractivity contribution in [3.05, 3.63) is 0 Å². The molecule has 0 spiro atoms. The highest BCUT2D eigenvalue weighted by Crippen LogP contribution is 2.13. The minimum atomic E-state index is -0.0446. The van der Waals surface area contributed by atoms with Gasteiger partial charge in [-0.25, -0.2) is 0 Å². The number of carbonyl (C=O) groups is 2. The fraction of sp³-hybridized carbons (Fsp3) is 0.913. The lowest BCUT2D eigenvalue weighted by molar-refractivity contribution is -0.145. The average Bonchev–Trinajstić information content (AvgIpc) is 2.62. The van der Waals surface area contributed by atoms with Crippen molar-refractivity contribution >= 4 is 11.9 Å². The van der Waals surface area contributed by atoms with E-state index in [4.69, 9.17) is 9.47 Å². The zero-order valence-corrected chi connectivity index (χ0v) is 18.4. The van der Waals surface area contributed by atoms with Crippen molar-refractivity contribution in [1.29, 1.82) is 0 Å². The lowest BCUT2D eigenvalue weighted by Gasteiger charge is -2.07. The van der Waals surface area contributed by atoms with Crippen LogP contribution in [0.2, 0.25) is 0 Å². The number of ether oxygens (including phenoxy) is 2. The molecule has 0 aromatic carbocycles. The summed E-state index contributed by atoms with van der Waals surface area (Å²) in [6.45, 7) is 9.30. The highest BCUT2D eigenvalue weighted by atomic mass is 16.5. The number of esters is 2. The van der Waals surface area contributed by atoms with Crippen molar-refractivity contribution in [3.63, 3.8) is 0 Å². The molecule has 0 amide bonds. The second-order valence-corrected chi connectivity index (χ2v) is 8.54. The number of hydrogen-bond acceptors (Lipinski definition) is 4. The monoisotopic (exact) mass is 384 g/mol. The number of hydrogen-bond donors (Lipinski definition) is 0. The Hall–Kier alpha value is -1.06. The highest BCUT2D eigenvalue weighted by Gasteiger charge is 2.05. The van der Waals surface area contributed by atoms with Crippen molar-refractivity contribution in [3.8, 4) is 0 Å². The van der Waals surface area contributed by atoms with Crippen LogP contribution in [0.1, 0.15) is 111 Å². The fourth-order valence-electron chi connectivity index (χ4n) is 2.79. The quantitative estimate of drug-likeness (QED) is 0.201. The summed E-state index contributed by atoms with van der Waals surface area (Å²) in [5.74, 6) is 0.745. The maximum absolute atomic E-state index is 11.5. The molecule has 0 aliphatic carbocycles. The van der Waals surface area contributed by atoms with E-state index in [9.17, 15) is 9.59 Å². The summed E-state index contributed by atoms with van der Waals surface area (Å²) in [4.78, 5) is 23.0. The van der Waals surface area contributed by atoms with E-state index >= 15 is 0 Å². The van der Waals surface area contributed by atoms with Crippen LogP contribution in [-0.2, 0) is 19.1 Å². The van der Waals surface area contributed by atoms with E-state index in [0.717, 1.165) is 25.7 Å². The van der Waals surface area contributed by atoms with E-state index < -0.39 is 0 Å². The van der Waals surface area contributed by atoms with E-state index in [1.165, 1.54) is 44.9 Å². The Balaban J connectivity index is 3.21. The molecular weight excluding hydrogens is 340 g/mol. The summed E-state index contributed by atoms with van der Waals surface area (Å²) in [5.41, 5.74) is 0. The standard InChI is InChI=1S/C23H44O4/c1-20(2)18-26-22(24)16-14-12-10-8-6-5-7-9-11-13-15-17-23(25)27-19-21(3)4/h20-21H,5-19H2,1-4H3. The summed E-state index contributed by atoms with van der Waals surface area (Å²) in [6.07, 6.45) is 14.2. The van der Waals surface area contributed by atoms with Crippen LogP contribution >= 0.6 is 0 Å². The maximum Gasteiger partial charge on any atom is 0.305 e. The van der Waals surface area contributed by atoms with Crippen molar-refractivity contribution < 1.29 is 19.1 Å². The number of rotatable bonds is 18. The molecule has 0 aromatic heterocycles. The molecule has 4 heteroatoms. The molecule has 0 rings (SSSR count). The Morgan fingerprint density at radius 2 is 0.778 bits per heavy atom. The van der Waals surface area contributed by atoms with Crippen molar-refractivity contribution in [1.82, 2.24) is 0 Å². The van der Waals surface area contributed by atoms with Gasteiger partial charge in [-0.2, -0.15) is 0 Å². The van der Waals surface area contributed by atoms with E-state index in [-0.39, 0.29) is 11.9 Å².